The zero-order chi connectivity index (χ0) is 14.7. The Morgan fingerprint density at radius 1 is 0.667 bits per heavy atom. The van der Waals surface area contributed by atoms with Gasteiger partial charge in [-0.3, -0.25) is 0 Å². The Hall–Kier alpha value is -2.38. The first-order valence-corrected chi connectivity index (χ1v) is 7.18. The number of aliphatic hydroxyl groups excluding tert-OH is 1. The van der Waals surface area contributed by atoms with Crippen LogP contribution in [-0.4, -0.2) is 5.11 Å². The number of hydrogen-bond acceptors (Lipinski definition) is 1. The molecule has 0 fully saturated rings. The average Bonchev–Trinajstić information content (AvgIpc) is 2.56. The Labute approximate surface area is 125 Å². The van der Waals surface area contributed by atoms with Crippen molar-refractivity contribution in [1.29, 1.82) is 0 Å². The molecule has 3 aromatic rings. The van der Waals surface area contributed by atoms with Crippen molar-refractivity contribution >= 4 is 0 Å². The first-order chi connectivity index (χ1) is 10.3. The fraction of sp³-hybridized carbons (Fsp3) is 0.100. The lowest BCUT2D eigenvalue weighted by molar-refractivity contribution is 0.199. The van der Waals surface area contributed by atoms with E-state index in [-0.39, 0.29) is 0 Å². The van der Waals surface area contributed by atoms with E-state index in [1.54, 1.807) is 6.92 Å². The number of benzene rings is 3. The van der Waals surface area contributed by atoms with E-state index in [1.165, 1.54) is 16.7 Å². The fourth-order valence-corrected chi connectivity index (χ4v) is 2.57. The van der Waals surface area contributed by atoms with Gasteiger partial charge in [0.15, 0.2) is 0 Å². The molecule has 0 aliphatic carbocycles. The Kier molecular flexibility index (Phi) is 3.85. The molecule has 0 amide bonds. The molecule has 104 valence electrons. The zero-order valence-corrected chi connectivity index (χ0v) is 12.0. The Bertz CT molecular complexity index is 730. The molecule has 0 spiro atoms. The molecule has 0 saturated heterocycles. The molecule has 3 aromatic carbocycles. The normalized spacial score (nSPS) is 12.1. The first kappa shape index (κ1) is 13.6. The summed E-state index contributed by atoms with van der Waals surface area (Å²) in [4.78, 5) is 0. The topological polar surface area (TPSA) is 20.2 Å². The van der Waals surface area contributed by atoms with Crippen molar-refractivity contribution in [2.75, 3.05) is 0 Å². The van der Waals surface area contributed by atoms with Crippen molar-refractivity contribution in [3.8, 4) is 22.3 Å². The van der Waals surface area contributed by atoms with Crippen LogP contribution >= 0.6 is 0 Å². The summed E-state index contributed by atoms with van der Waals surface area (Å²) in [6, 6.07) is 26.9. The van der Waals surface area contributed by atoms with Crippen molar-refractivity contribution < 1.29 is 5.11 Å². The third-order valence-corrected chi connectivity index (χ3v) is 3.69. The van der Waals surface area contributed by atoms with E-state index in [0.29, 0.717) is 0 Å². The number of aliphatic hydroxyl groups is 1. The fourth-order valence-electron chi connectivity index (χ4n) is 2.57. The second kappa shape index (κ2) is 5.94. The van der Waals surface area contributed by atoms with Gasteiger partial charge in [-0.05, 0) is 40.8 Å². The maximum absolute atomic E-state index is 9.78. The Morgan fingerprint density at radius 2 is 1.24 bits per heavy atom. The van der Waals surface area contributed by atoms with Crippen LogP contribution in [0.3, 0.4) is 0 Å². The minimum Gasteiger partial charge on any atom is -0.389 e. The predicted octanol–water partition coefficient (Wildman–Crippen LogP) is 5.07. The lowest BCUT2D eigenvalue weighted by Crippen LogP contribution is -1.92. The lowest BCUT2D eigenvalue weighted by Gasteiger charge is -2.12. The van der Waals surface area contributed by atoms with Gasteiger partial charge >= 0.3 is 0 Å². The van der Waals surface area contributed by atoms with Gasteiger partial charge in [-0.2, -0.15) is 0 Å². The van der Waals surface area contributed by atoms with Gasteiger partial charge < -0.3 is 5.11 Å². The summed E-state index contributed by atoms with van der Waals surface area (Å²) in [6.45, 7) is 1.79. The van der Waals surface area contributed by atoms with Gasteiger partial charge in [-0.1, -0.05) is 72.8 Å². The van der Waals surface area contributed by atoms with E-state index in [1.807, 2.05) is 18.2 Å². The van der Waals surface area contributed by atoms with Gasteiger partial charge in [0.2, 0.25) is 0 Å². The van der Waals surface area contributed by atoms with E-state index < -0.39 is 6.10 Å². The van der Waals surface area contributed by atoms with Crippen molar-refractivity contribution in [3.05, 3.63) is 84.4 Å². The molecule has 0 heterocycles. The van der Waals surface area contributed by atoms with Gasteiger partial charge in [0.25, 0.3) is 0 Å². The van der Waals surface area contributed by atoms with Gasteiger partial charge in [0, 0.05) is 0 Å². The maximum atomic E-state index is 9.78. The van der Waals surface area contributed by atoms with Gasteiger partial charge in [0.05, 0.1) is 6.10 Å². The highest BCUT2D eigenvalue weighted by molar-refractivity contribution is 5.83. The molecular formula is C20H18O. The number of hydrogen-bond donors (Lipinski definition) is 1. The smallest absolute Gasteiger partial charge is 0.0762 e. The van der Waals surface area contributed by atoms with E-state index in [2.05, 4.69) is 60.7 Å². The molecule has 1 N–H and O–H groups in total. The second-order valence-corrected chi connectivity index (χ2v) is 5.21. The van der Waals surface area contributed by atoms with Crippen molar-refractivity contribution in [1.82, 2.24) is 0 Å². The second-order valence-electron chi connectivity index (χ2n) is 5.21. The van der Waals surface area contributed by atoms with Crippen LogP contribution in [0, 0.1) is 0 Å². The molecule has 0 aliphatic rings. The largest absolute Gasteiger partial charge is 0.389 e. The molecule has 1 unspecified atom stereocenters. The molecule has 0 aromatic heterocycles. The minimum absolute atomic E-state index is 0.450. The zero-order valence-electron chi connectivity index (χ0n) is 12.0. The highest BCUT2D eigenvalue weighted by Gasteiger charge is 2.08. The summed E-state index contributed by atoms with van der Waals surface area (Å²) in [5, 5.41) is 9.78. The van der Waals surface area contributed by atoms with Gasteiger partial charge in [0.1, 0.15) is 0 Å². The SMILES string of the molecule is CC(O)c1cccc(-c2ccccc2-c2ccccc2)c1. The molecule has 0 radical (unpaired) electrons. The maximum Gasteiger partial charge on any atom is 0.0762 e. The monoisotopic (exact) mass is 274 g/mol. The summed E-state index contributed by atoms with van der Waals surface area (Å²) in [5.74, 6) is 0. The summed E-state index contributed by atoms with van der Waals surface area (Å²) in [6.07, 6.45) is -0.450. The summed E-state index contributed by atoms with van der Waals surface area (Å²) in [5.41, 5.74) is 5.67. The van der Waals surface area contributed by atoms with Crippen LogP contribution in [0.15, 0.2) is 78.9 Å². The van der Waals surface area contributed by atoms with Crippen LogP contribution in [-0.2, 0) is 0 Å². The molecule has 1 nitrogen and oxygen atoms in total. The molecule has 0 aliphatic heterocycles. The lowest BCUT2D eigenvalue weighted by atomic mass is 9.93. The summed E-state index contributed by atoms with van der Waals surface area (Å²) < 4.78 is 0. The minimum atomic E-state index is -0.450. The van der Waals surface area contributed by atoms with Crippen LogP contribution in [0.2, 0.25) is 0 Å². The average molecular weight is 274 g/mol. The van der Waals surface area contributed by atoms with E-state index in [4.69, 9.17) is 0 Å². The molecule has 21 heavy (non-hydrogen) atoms. The van der Waals surface area contributed by atoms with Gasteiger partial charge in [-0.25, -0.2) is 0 Å². The summed E-state index contributed by atoms with van der Waals surface area (Å²) in [7, 11) is 0. The quantitative estimate of drug-likeness (QED) is 0.706. The Morgan fingerprint density at radius 3 is 1.90 bits per heavy atom. The third-order valence-electron chi connectivity index (χ3n) is 3.69. The van der Waals surface area contributed by atoms with Crippen LogP contribution in [0.1, 0.15) is 18.6 Å². The van der Waals surface area contributed by atoms with E-state index >= 15 is 0 Å². The van der Waals surface area contributed by atoms with Crippen molar-refractivity contribution in [3.63, 3.8) is 0 Å². The molecule has 0 bridgehead atoms. The standard InChI is InChI=1S/C20H18O/c1-15(21)17-10-7-11-18(14-17)20-13-6-5-12-19(20)16-8-3-2-4-9-16/h2-15,21H,1H3. The molecule has 1 heteroatoms. The highest BCUT2D eigenvalue weighted by atomic mass is 16.3. The molecular weight excluding hydrogens is 256 g/mol. The molecule has 0 saturated carbocycles. The first-order valence-electron chi connectivity index (χ1n) is 7.18. The van der Waals surface area contributed by atoms with Crippen molar-refractivity contribution in [2.24, 2.45) is 0 Å². The Balaban J connectivity index is 2.14. The number of rotatable bonds is 3. The predicted molar refractivity (Wildman–Crippen MR) is 87.9 cm³/mol. The van der Waals surface area contributed by atoms with Crippen LogP contribution in [0.5, 0.6) is 0 Å². The van der Waals surface area contributed by atoms with Gasteiger partial charge in [-0.15, -0.1) is 0 Å². The highest BCUT2D eigenvalue weighted by Crippen LogP contribution is 2.32. The molecule has 3 rings (SSSR count). The van der Waals surface area contributed by atoms with E-state index in [0.717, 1.165) is 11.1 Å². The van der Waals surface area contributed by atoms with Crippen LogP contribution in [0.25, 0.3) is 22.3 Å². The van der Waals surface area contributed by atoms with E-state index in [9.17, 15) is 5.11 Å². The van der Waals surface area contributed by atoms with Crippen LogP contribution < -0.4 is 0 Å². The molecule has 1 atom stereocenters. The third kappa shape index (κ3) is 2.88. The van der Waals surface area contributed by atoms with Crippen LogP contribution in [0.4, 0.5) is 0 Å². The van der Waals surface area contributed by atoms with Crippen molar-refractivity contribution in [2.45, 2.75) is 13.0 Å². The summed E-state index contributed by atoms with van der Waals surface area (Å²) >= 11 is 0.